The predicted molar refractivity (Wildman–Crippen MR) is 110 cm³/mol. The Morgan fingerprint density at radius 3 is 3.00 bits per heavy atom. The van der Waals surface area contributed by atoms with E-state index in [0.717, 1.165) is 54.7 Å². The highest BCUT2D eigenvalue weighted by Gasteiger charge is 2.25. The van der Waals surface area contributed by atoms with E-state index in [4.69, 9.17) is 14.7 Å². The molecule has 3 heterocycles. The van der Waals surface area contributed by atoms with E-state index >= 15 is 0 Å². The van der Waals surface area contributed by atoms with Gasteiger partial charge in [-0.05, 0) is 62.6 Å². The molecule has 1 aromatic heterocycles. The van der Waals surface area contributed by atoms with Gasteiger partial charge in [0.1, 0.15) is 5.03 Å². The minimum Gasteiger partial charge on any atom is -0.396 e. The van der Waals surface area contributed by atoms with Crippen LogP contribution in [-0.4, -0.2) is 52.6 Å². The van der Waals surface area contributed by atoms with Crippen LogP contribution in [0.1, 0.15) is 36.0 Å². The Bertz CT molecular complexity index is 862. The summed E-state index contributed by atoms with van der Waals surface area (Å²) in [5.74, 6) is 0. The number of aromatic nitrogens is 1. The van der Waals surface area contributed by atoms with Gasteiger partial charge in [0.05, 0.1) is 18.2 Å². The highest BCUT2D eigenvalue weighted by atomic mass is 32.2. The molecule has 1 N–H and O–H groups in total. The second-order valence-corrected chi connectivity index (χ2v) is 8.42. The number of benzene rings is 1. The zero-order valence-electron chi connectivity index (χ0n) is 16.1. The Morgan fingerprint density at radius 1 is 1.33 bits per heavy atom. The molecule has 1 atom stereocenters. The van der Waals surface area contributed by atoms with Gasteiger partial charge in [-0.15, -0.1) is 0 Å². The molecule has 5 nitrogen and oxygen atoms in total. The van der Waals surface area contributed by atoms with Gasteiger partial charge in [0.2, 0.25) is 0 Å². The molecular formula is C21H27N3O2S. The van der Waals surface area contributed by atoms with Crippen molar-refractivity contribution in [1.82, 2.24) is 9.88 Å². The third-order valence-electron chi connectivity index (χ3n) is 5.15. The zero-order chi connectivity index (χ0) is 18.8. The number of fused-ring (bicyclic) bond motifs is 2. The van der Waals surface area contributed by atoms with Crippen molar-refractivity contribution < 1.29 is 9.84 Å². The third-order valence-corrected chi connectivity index (χ3v) is 6.27. The minimum absolute atomic E-state index is 0.196. The Labute approximate surface area is 164 Å². The van der Waals surface area contributed by atoms with Crippen molar-refractivity contribution in [3.8, 4) is 0 Å². The number of aliphatic hydroxyl groups excluding tert-OH is 1. The van der Waals surface area contributed by atoms with Crippen LogP contribution in [0.25, 0.3) is 10.9 Å². The number of nitrogens with zero attached hydrogens (tertiary/aromatic N) is 3. The molecule has 1 saturated heterocycles. The average molecular weight is 386 g/mol. The monoisotopic (exact) mass is 385 g/mol. The largest absolute Gasteiger partial charge is 0.396 e. The standard InChI is InChI=1S/C21H27N3O2S/c1-14-9-15(2)19-16(10-14)11-17-13-24(6-4-7-25)21(27-20(17)23-19)22-12-18-5-3-8-26-18/h9-11,18,25H,3-8,12-13H2,1-2H3. The zero-order valence-corrected chi connectivity index (χ0v) is 16.9. The minimum atomic E-state index is 0.196. The summed E-state index contributed by atoms with van der Waals surface area (Å²) in [6.45, 7) is 7.61. The molecule has 1 fully saturated rings. The van der Waals surface area contributed by atoms with Crippen LogP contribution >= 0.6 is 11.8 Å². The van der Waals surface area contributed by atoms with E-state index in [0.29, 0.717) is 6.54 Å². The molecule has 27 heavy (non-hydrogen) atoms. The van der Waals surface area contributed by atoms with Crippen molar-refractivity contribution >= 4 is 27.8 Å². The van der Waals surface area contributed by atoms with E-state index in [2.05, 4.69) is 36.9 Å². The summed E-state index contributed by atoms with van der Waals surface area (Å²) >= 11 is 1.65. The predicted octanol–water partition coefficient (Wildman–Crippen LogP) is 3.68. The first kappa shape index (κ1) is 18.7. The first-order chi connectivity index (χ1) is 13.1. The van der Waals surface area contributed by atoms with Crippen molar-refractivity contribution in [2.24, 2.45) is 4.99 Å². The maximum atomic E-state index is 9.28. The molecular weight excluding hydrogens is 358 g/mol. The Hall–Kier alpha value is -1.63. The number of aliphatic imine (C=N–C) groups is 1. The first-order valence-electron chi connectivity index (χ1n) is 9.74. The molecule has 2 aliphatic rings. The van der Waals surface area contributed by atoms with E-state index in [1.54, 1.807) is 11.8 Å². The third kappa shape index (κ3) is 4.13. The van der Waals surface area contributed by atoms with Crippen LogP contribution in [0.2, 0.25) is 0 Å². The molecule has 0 amide bonds. The smallest absolute Gasteiger partial charge is 0.165 e. The molecule has 0 aliphatic carbocycles. The Morgan fingerprint density at radius 2 is 2.22 bits per heavy atom. The van der Waals surface area contributed by atoms with Crippen molar-refractivity contribution in [3.63, 3.8) is 0 Å². The molecule has 0 saturated carbocycles. The molecule has 144 valence electrons. The van der Waals surface area contributed by atoms with E-state index < -0.39 is 0 Å². The summed E-state index contributed by atoms with van der Waals surface area (Å²) in [5.41, 5.74) is 4.80. The van der Waals surface area contributed by atoms with Crippen LogP contribution < -0.4 is 0 Å². The average Bonchev–Trinajstić information content (AvgIpc) is 3.16. The molecule has 0 radical (unpaired) electrons. The van der Waals surface area contributed by atoms with Gasteiger partial charge in [0.25, 0.3) is 0 Å². The molecule has 1 aromatic carbocycles. The van der Waals surface area contributed by atoms with Gasteiger partial charge in [-0.3, -0.25) is 4.99 Å². The van der Waals surface area contributed by atoms with Crippen molar-refractivity contribution in [3.05, 3.63) is 34.9 Å². The summed E-state index contributed by atoms with van der Waals surface area (Å²) in [4.78, 5) is 12.1. The van der Waals surface area contributed by atoms with Crippen molar-refractivity contribution in [1.29, 1.82) is 0 Å². The van der Waals surface area contributed by atoms with E-state index in [1.807, 2.05) is 0 Å². The lowest BCUT2D eigenvalue weighted by Crippen LogP contribution is -2.34. The molecule has 1 unspecified atom stereocenters. The number of ether oxygens (including phenoxy) is 1. The SMILES string of the molecule is Cc1cc(C)c2nc3c(cc2c1)CN(CCCO)C(=NCC1CCCO1)S3. The van der Waals surface area contributed by atoms with Crippen LogP contribution in [0.4, 0.5) is 0 Å². The number of rotatable bonds is 5. The van der Waals surface area contributed by atoms with Gasteiger partial charge in [-0.25, -0.2) is 4.98 Å². The van der Waals surface area contributed by atoms with Crippen LogP contribution in [-0.2, 0) is 11.3 Å². The number of pyridine rings is 1. The second kappa shape index (κ2) is 8.17. The first-order valence-corrected chi connectivity index (χ1v) is 10.6. The number of aliphatic hydroxyl groups is 1. The number of hydrogen-bond donors (Lipinski definition) is 1. The highest BCUT2D eigenvalue weighted by molar-refractivity contribution is 8.13. The maximum Gasteiger partial charge on any atom is 0.165 e. The fourth-order valence-corrected chi connectivity index (χ4v) is 4.83. The maximum absolute atomic E-state index is 9.28. The van der Waals surface area contributed by atoms with Crippen molar-refractivity contribution in [2.45, 2.75) is 50.8 Å². The molecule has 6 heteroatoms. The molecule has 4 rings (SSSR count). The lowest BCUT2D eigenvalue weighted by molar-refractivity contribution is 0.117. The van der Waals surface area contributed by atoms with Crippen molar-refractivity contribution in [2.75, 3.05) is 26.3 Å². The fraction of sp³-hybridized carbons (Fsp3) is 0.524. The lowest BCUT2D eigenvalue weighted by Gasteiger charge is -2.31. The summed E-state index contributed by atoms with van der Waals surface area (Å²) in [7, 11) is 0. The summed E-state index contributed by atoms with van der Waals surface area (Å²) in [6, 6.07) is 6.67. The number of amidine groups is 1. The van der Waals surface area contributed by atoms with E-state index in [1.165, 1.54) is 22.1 Å². The van der Waals surface area contributed by atoms with Gasteiger partial charge < -0.3 is 14.7 Å². The molecule has 2 aliphatic heterocycles. The van der Waals surface area contributed by atoms with Crippen LogP contribution in [0.5, 0.6) is 0 Å². The Kier molecular flexibility index (Phi) is 5.66. The lowest BCUT2D eigenvalue weighted by atomic mass is 10.1. The summed E-state index contributed by atoms with van der Waals surface area (Å²) in [5, 5.41) is 12.5. The van der Waals surface area contributed by atoms with Gasteiger partial charge >= 0.3 is 0 Å². The number of thioether (sulfide) groups is 1. The van der Waals surface area contributed by atoms with Gasteiger partial charge in [0, 0.05) is 37.3 Å². The van der Waals surface area contributed by atoms with E-state index in [9.17, 15) is 5.11 Å². The fourth-order valence-electron chi connectivity index (χ4n) is 3.84. The molecule has 2 aromatic rings. The Balaban J connectivity index is 1.65. The van der Waals surface area contributed by atoms with Crippen LogP contribution in [0.3, 0.4) is 0 Å². The second-order valence-electron chi connectivity index (χ2n) is 7.47. The van der Waals surface area contributed by atoms with Gasteiger partial charge in [-0.1, -0.05) is 11.6 Å². The van der Waals surface area contributed by atoms with Crippen LogP contribution in [0, 0.1) is 13.8 Å². The molecule has 0 spiro atoms. The topological polar surface area (TPSA) is 58.0 Å². The van der Waals surface area contributed by atoms with Gasteiger partial charge in [-0.2, -0.15) is 0 Å². The summed E-state index contributed by atoms with van der Waals surface area (Å²) in [6.07, 6.45) is 3.21. The quantitative estimate of drug-likeness (QED) is 0.851. The number of hydrogen-bond acceptors (Lipinski definition) is 5. The normalized spacial score (nSPS) is 21.2. The highest BCUT2D eigenvalue weighted by Crippen LogP contribution is 2.34. The summed E-state index contributed by atoms with van der Waals surface area (Å²) < 4.78 is 5.72. The number of aryl methyl sites for hydroxylation is 2. The van der Waals surface area contributed by atoms with E-state index in [-0.39, 0.29) is 12.7 Å². The molecule has 0 bridgehead atoms. The van der Waals surface area contributed by atoms with Crippen LogP contribution in [0.15, 0.2) is 28.2 Å². The van der Waals surface area contributed by atoms with Gasteiger partial charge in [0.15, 0.2) is 5.17 Å².